The zero-order valence-corrected chi connectivity index (χ0v) is 11.6. The van der Waals surface area contributed by atoms with E-state index in [1.54, 1.807) is 0 Å². The molecular weight excluding hydrogens is 210 g/mol. The SMILES string of the molecule is CNCC1CCC(C)CC1CC1CCOCC1. The Balaban J connectivity index is 1.85. The van der Waals surface area contributed by atoms with E-state index in [-0.39, 0.29) is 0 Å². The average Bonchev–Trinajstić information content (AvgIpc) is 2.34. The van der Waals surface area contributed by atoms with Gasteiger partial charge in [0.2, 0.25) is 0 Å². The first-order valence-corrected chi connectivity index (χ1v) is 7.52. The maximum atomic E-state index is 5.47. The first kappa shape index (κ1) is 13.4. The zero-order valence-electron chi connectivity index (χ0n) is 11.6. The van der Waals surface area contributed by atoms with Crippen LogP contribution in [0.15, 0.2) is 0 Å². The van der Waals surface area contributed by atoms with Gasteiger partial charge in [-0.3, -0.25) is 0 Å². The Bertz CT molecular complexity index is 213. The Morgan fingerprint density at radius 1 is 1.06 bits per heavy atom. The molecule has 0 radical (unpaired) electrons. The van der Waals surface area contributed by atoms with Crippen molar-refractivity contribution in [3.63, 3.8) is 0 Å². The molecule has 100 valence electrons. The van der Waals surface area contributed by atoms with Gasteiger partial charge in [0, 0.05) is 13.2 Å². The van der Waals surface area contributed by atoms with Crippen LogP contribution < -0.4 is 5.32 Å². The maximum Gasteiger partial charge on any atom is 0.0468 e. The Hall–Kier alpha value is -0.0800. The second-order valence-electron chi connectivity index (χ2n) is 6.29. The van der Waals surface area contributed by atoms with E-state index in [1.165, 1.54) is 45.1 Å². The van der Waals surface area contributed by atoms with Crippen LogP contribution in [-0.2, 0) is 4.74 Å². The van der Waals surface area contributed by atoms with E-state index in [2.05, 4.69) is 19.3 Å². The molecule has 1 aliphatic carbocycles. The lowest BCUT2D eigenvalue weighted by Crippen LogP contribution is -2.33. The van der Waals surface area contributed by atoms with Crippen LogP contribution in [0.2, 0.25) is 0 Å². The molecule has 1 aliphatic heterocycles. The van der Waals surface area contributed by atoms with Crippen LogP contribution in [0.1, 0.15) is 45.4 Å². The Morgan fingerprint density at radius 2 is 1.82 bits per heavy atom. The molecule has 2 nitrogen and oxygen atoms in total. The minimum atomic E-state index is 0.930. The van der Waals surface area contributed by atoms with Crippen molar-refractivity contribution in [2.75, 3.05) is 26.8 Å². The van der Waals surface area contributed by atoms with Crippen LogP contribution in [0.4, 0.5) is 0 Å². The number of nitrogens with one attached hydrogen (secondary N) is 1. The van der Waals surface area contributed by atoms with Gasteiger partial charge >= 0.3 is 0 Å². The smallest absolute Gasteiger partial charge is 0.0468 e. The van der Waals surface area contributed by atoms with Crippen molar-refractivity contribution in [1.82, 2.24) is 5.32 Å². The Labute approximate surface area is 107 Å². The second kappa shape index (κ2) is 6.75. The molecular formula is C15H29NO. The summed E-state index contributed by atoms with van der Waals surface area (Å²) < 4.78 is 5.47. The van der Waals surface area contributed by atoms with Crippen LogP contribution in [0.25, 0.3) is 0 Å². The third kappa shape index (κ3) is 3.96. The van der Waals surface area contributed by atoms with Crippen molar-refractivity contribution in [2.24, 2.45) is 23.7 Å². The van der Waals surface area contributed by atoms with Gasteiger partial charge in [0.15, 0.2) is 0 Å². The molecule has 2 rings (SSSR count). The van der Waals surface area contributed by atoms with Gasteiger partial charge in [-0.25, -0.2) is 0 Å². The van der Waals surface area contributed by atoms with Crippen LogP contribution in [0.3, 0.4) is 0 Å². The van der Waals surface area contributed by atoms with Gasteiger partial charge in [0.25, 0.3) is 0 Å². The molecule has 3 unspecified atom stereocenters. The van der Waals surface area contributed by atoms with Gasteiger partial charge in [-0.1, -0.05) is 13.3 Å². The van der Waals surface area contributed by atoms with Gasteiger partial charge in [0.05, 0.1) is 0 Å². The fourth-order valence-electron chi connectivity index (χ4n) is 3.79. The van der Waals surface area contributed by atoms with Gasteiger partial charge in [-0.2, -0.15) is 0 Å². The van der Waals surface area contributed by atoms with E-state index in [9.17, 15) is 0 Å². The van der Waals surface area contributed by atoms with Crippen LogP contribution in [0.5, 0.6) is 0 Å². The van der Waals surface area contributed by atoms with Gasteiger partial charge in [-0.05, 0) is 69.4 Å². The second-order valence-corrected chi connectivity index (χ2v) is 6.29. The van der Waals surface area contributed by atoms with Crippen molar-refractivity contribution in [1.29, 1.82) is 0 Å². The highest BCUT2D eigenvalue weighted by Gasteiger charge is 2.30. The van der Waals surface area contributed by atoms with Gasteiger partial charge < -0.3 is 10.1 Å². The third-order valence-corrected chi connectivity index (χ3v) is 4.85. The molecule has 0 aromatic heterocycles. The fourth-order valence-corrected chi connectivity index (χ4v) is 3.79. The highest BCUT2D eigenvalue weighted by atomic mass is 16.5. The molecule has 2 fully saturated rings. The molecule has 0 aromatic rings. The van der Waals surface area contributed by atoms with Crippen molar-refractivity contribution in [3.8, 4) is 0 Å². The lowest BCUT2D eigenvalue weighted by atomic mass is 9.70. The summed E-state index contributed by atoms with van der Waals surface area (Å²) in [5, 5.41) is 3.39. The minimum absolute atomic E-state index is 0.930. The van der Waals surface area contributed by atoms with Crippen molar-refractivity contribution in [2.45, 2.75) is 45.4 Å². The van der Waals surface area contributed by atoms with E-state index in [0.717, 1.165) is 36.9 Å². The highest BCUT2D eigenvalue weighted by molar-refractivity contribution is 4.82. The lowest BCUT2D eigenvalue weighted by molar-refractivity contribution is 0.0474. The van der Waals surface area contributed by atoms with Crippen molar-refractivity contribution in [3.05, 3.63) is 0 Å². The van der Waals surface area contributed by atoms with E-state index in [1.807, 2.05) is 0 Å². The molecule has 17 heavy (non-hydrogen) atoms. The molecule has 1 heterocycles. The molecule has 0 spiro atoms. The van der Waals surface area contributed by atoms with E-state index in [0.29, 0.717) is 0 Å². The highest BCUT2D eigenvalue weighted by Crippen LogP contribution is 2.38. The number of hydrogen-bond acceptors (Lipinski definition) is 2. The van der Waals surface area contributed by atoms with E-state index < -0.39 is 0 Å². The summed E-state index contributed by atoms with van der Waals surface area (Å²) in [4.78, 5) is 0. The number of hydrogen-bond donors (Lipinski definition) is 1. The normalized spacial score (nSPS) is 36.0. The van der Waals surface area contributed by atoms with E-state index in [4.69, 9.17) is 4.74 Å². The topological polar surface area (TPSA) is 21.3 Å². The summed E-state index contributed by atoms with van der Waals surface area (Å²) in [6.45, 7) is 5.67. The Kier molecular flexibility index (Phi) is 5.30. The summed E-state index contributed by atoms with van der Waals surface area (Å²) in [7, 11) is 2.10. The molecule has 0 bridgehead atoms. The van der Waals surface area contributed by atoms with Crippen LogP contribution >= 0.6 is 0 Å². The minimum Gasteiger partial charge on any atom is -0.381 e. The largest absolute Gasteiger partial charge is 0.381 e. The predicted octanol–water partition coefficient (Wildman–Crippen LogP) is 3.07. The lowest BCUT2D eigenvalue weighted by Gasteiger charge is -2.37. The first-order chi connectivity index (χ1) is 8.29. The van der Waals surface area contributed by atoms with Gasteiger partial charge in [0.1, 0.15) is 0 Å². The molecule has 1 saturated heterocycles. The maximum absolute atomic E-state index is 5.47. The third-order valence-electron chi connectivity index (χ3n) is 4.85. The average molecular weight is 239 g/mol. The monoisotopic (exact) mass is 239 g/mol. The molecule has 3 atom stereocenters. The molecule has 0 aromatic carbocycles. The Morgan fingerprint density at radius 3 is 2.53 bits per heavy atom. The molecule has 1 N–H and O–H groups in total. The molecule has 0 amide bonds. The van der Waals surface area contributed by atoms with E-state index >= 15 is 0 Å². The van der Waals surface area contributed by atoms with Crippen LogP contribution in [-0.4, -0.2) is 26.8 Å². The predicted molar refractivity (Wildman–Crippen MR) is 72.1 cm³/mol. The van der Waals surface area contributed by atoms with Crippen LogP contribution in [0, 0.1) is 23.7 Å². The first-order valence-electron chi connectivity index (χ1n) is 7.52. The summed E-state index contributed by atoms with van der Waals surface area (Å²) >= 11 is 0. The van der Waals surface area contributed by atoms with Crippen molar-refractivity contribution >= 4 is 0 Å². The summed E-state index contributed by atoms with van der Waals surface area (Å²) in [6.07, 6.45) is 8.41. The standard InChI is InChI=1S/C15H29NO/c1-12-3-4-14(11-16-2)15(9-12)10-13-5-7-17-8-6-13/h12-16H,3-11H2,1-2H3. The number of ether oxygens (including phenoxy) is 1. The zero-order chi connectivity index (χ0) is 12.1. The molecule has 1 saturated carbocycles. The number of rotatable bonds is 4. The summed E-state index contributed by atoms with van der Waals surface area (Å²) in [5.74, 6) is 3.79. The quantitative estimate of drug-likeness (QED) is 0.814. The summed E-state index contributed by atoms with van der Waals surface area (Å²) in [5.41, 5.74) is 0. The molecule has 2 aliphatic rings. The summed E-state index contributed by atoms with van der Waals surface area (Å²) in [6, 6.07) is 0. The van der Waals surface area contributed by atoms with Crippen molar-refractivity contribution < 1.29 is 4.74 Å². The molecule has 2 heteroatoms. The van der Waals surface area contributed by atoms with Gasteiger partial charge in [-0.15, -0.1) is 0 Å². The fraction of sp³-hybridized carbons (Fsp3) is 1.00.